The summed E-state index contributed by atoms with van der Waals surface area (Å²) in [6.45, 7) is 9.53. The van der Waals surface area contributed by atoms with Gasteiger partial charge in [-0.15, -0.1) is 0 Å². The summed E-state index contributed by atoms with van der Waals surface area (Å²) in [4.78, 5) is 11.8. The van der Waals surface area contributed by atoms with Crippen molar-refractivity contribution < 1.29 is 19.2 Å². The molecule has 1 aromatic carbocycles. The van der Waals surface area contributed by atoms with Crippen LogP contribution in [0.25, 0.3) is 5.57 Å². The minimum absolute atomic E-state index is 0.231. The van der Waals surface area contributed by atoms with Gasteiger partial charge in [0.2, 0.25) is 0 Å². The Bertz CT molecular complexity index is 605. The molecule has 0 unspecified atom stereocenters. The fourth-order valence-corrected chi connectivity index (χ4v) is 2.27. The summed E-state index contributed by atoms with van der Waals surface area (Å²) in [6.07, 6.45) is -0.501. The zero-order chi connectivity index (χ0) is 16.5. The molecule has 1 amide bonds. The highest BCUT2D eigenvalue weighted by molar-refractivity contribution is 6.52. The second-order valence-corrected chi connectivity index (χ2v) is 6.62. The molecule has 0 fully saturated rings. The van der Waals surface area contributed by atoms with Crippen molar-refractivity contribution in [3.8, 4) is 5.75 Å². The molecule has 0 radical (unpaired) electrons. The summed E-state index contributed by atoms with van der Waals surface area (Å²) in [7, 11) is -0.936. The molecule has 1 aromatic rings. The number of allylic oxidation sites excluding steroid dienone is 1. The first kappa shape index (κ1) is 16.4. The lowest BCUT2D eigenvalue weighted by molar-refractivity contribution is 0.0636. The minimum atomic E-state index is -0.936. The highest BCUT2D eigenvalue weighted by Gasteiger charge is 2.25. The molecule has 0 bridgehead atoms. The van der Waals surface area contributed by atoms with Crippen molar-refractivity contribution in [2.75, 3.05) is 5.32 Å². The standard InChI is InChI=1S/C16H22BNO4/c1-10(2)13-9-17(20)22-14-7-6-11(8-12(13)14)18-15(19)21-16(3,4)5/h6-10,20H,1-5H3,(H,18,19). The van der Waals surface area contributed by atoms with Crippen LogP contribution in [-0.4, -0.2) is 23.8 Å². The van der Waals surface area contributed by atoms with Crippen LogP contribution in [0.15, 0.2) is 24.2 Å². The van der Waals surface area contributed by atoms with Gasteiger partial charge in [0.05, 0.1) is 0 Å². The summed E-state index contributed by atoms with van der Waals surface area (Å²) in [6, 6.07) is 5.29. The smallest absolute Gasteiger partial charge is 0.532 e. The number of anilines is 1. The molecule has 0 aliphatic carbocycles. The van der Waals surface area contributed by atoms with Crippen LogP contribution in [0.3, 0.4) is 0 Å². The molecule has 0 aromatic heterocycles. The lowest BCUT2D eigenvalue weighted by atomic mass is 9.78. The summed E-state index contributed by atoms with van der Waals surface area (Å²) in [5.74, 6) is 2.52. The molecule has 2 rings (SSSR count). The number of ether oxygens (including phenoxy) is 1. The molecule has 0 atom stereocenters. The summed E-state index contributed by atoms with van der Waals surface area (Å²) in [5.41, 5.74) is 1.93. The Balaban J connectivity index is 2.24. The van der Waals surface area contributed by atoms with Crippen molar-refractivity contribution in [1.82, 2.24) is 0 Å². The largest absolute Gasteiger partial charge is 0.552 e. The lowest BCUT2D eigenvalue weighted by Crippen LogP contribution is -2.27. The number of nitrogens with one attached hydrogen (secondary N) is 1. The molecule has 118 valence electrons. The molecule has 0 saturated heterocycles. The van der Waals surface area contributed by atoms with Crippen molar-refractivity contribution in [3.05, 3.63) is 29.7 Å². The van der Waals surface area contributed by atoms with E-state index in [1.807, 2.05) is 40.7 Å². The molecule has 0 saturated carbocycles. The van der Waals surface area contributed by atoms with Crippen molar-refractivity contribution in [2.45, 2.75) is 40.2 Å². The Kier molecular flexibility index (Phi) is 4.51. The Morgan fingerprint density at radius 2 is 2.05 bits per heavy atom. The summed E-state index contributed by atoms with van der Waals surface area (Å²) in [5, 5.41) is 12.4. The summed E-state index contributed by atoms with van der Waals surface area (Å²) < 4.78 is 10.6. The van der Waals surface area contributed by atoms with E-state index >= 15 is 0 Å². The van der Waals surface area contributed by atoms with Gasteiger partial charge in [-0.05, 0) is 56.4 Å². The van der Waals surface area contributed by atoms with Crippen molar-refractivity contribution in [1.29, 1.82) is 0 Å². The second kappa shape index (κ2) is 6.05. The van der Waals surface area contributed by atoms with E-state index in [4.69, 9.17) is 9.39 Å². The molecular weight excluding hydrogens is 281 g/mol. The molecule has 1 heterocycles. The van der Waals surface area contributed by atoms with Gasteiger partial charge in [-0.3, -0.25) is 5.32 Å². The Morgan fingerprint density at radius 1 is 1.36 bits per heavy atom. The first-order valence-electron chi connectivity index (χ1n) is 7.36. The highest BCUT2D eigenvalue weighted by atomic mass is 16.6. The van der Waals surface area contributed by atoms with Gasteiger partial charge >= 0.3 is 13.2 Å². The number of carbonyl (C=O) groups is 1. The van der Waals surface area contributed by atoms with Crippen LogP contribution in [0, 0.1) is 5.92 Å². The van der Waals surface area contributed by atoms with E-state index < -0.39 is 18.8 Å². The number of hydrogen-bond acceptors (Lipinski definition) is 4. The van der Waals surface area contributed by atoms with Gasteiger partial charge in [0.15, 0.2) is 0 Å². The number of carbonyl (C=O) groups excluding carboxylic acids is 1. The average Bonchev–Trinajstić information content (AvgIpc) is 2.35. The molecule has 22 heavy (non-hydrogen) atoms. The van der Waals surface area contributed by atoms with Crippen LogP contribution in [0.5, 0.6) is 5.75 Å². The van der Waals surface area contributed by atoms with Gasteiger partial charge in [-0.2, -0.15) is 0 Å². The predicted octanol–water partition coefficient (Wildman–Crippen LogP) is 3.49. The number of benzene rings is 1. The van der Waals surface area contributed by atoms with Gasteiger partial charge in [0, 0.05) is 11.3 Å². The van der Waals surface area contributed by atoms with E-state index in [0.717, 1.165) is 11.1 Å². The number of rotatable bonds is 2. The highest BCUT2D eigenvalue weighted by Crippen LogP contribution is 2.36. The third-order valence-electron chi connectivity index (χ3n) is 3.13. The Hall–Kier alpha value is -1.95. The van der Waals surface area contributed by atoms with Crippen molar-refractivity contribution >= 4 is 24.5 Å². The molecule has 1 aliphatic rings. The van der Waals surface area contributed by atoms with E-state index in [2.05, 4.69) is 5.32 Å². The molecular formula is C16H22BNO4. The maximum absolute atomic E-state index is 11.8. The zero-order valence-electron chi connectivity index (χ0n) is 13.6. The Labute approximate surface area is 131 Å². The topological polar surface area (TPSA) is 67.8 Å². The normalized spacial score (nSPS) is 14.1. The maximum atomic E-state index is 11.8. The predicted molar refractivity (Wildman–Crippen MR) is 87.7 cm³/mol. The first-order valence-corrected chi connectivity index (χ1v) is 7.36. The molecule has 2 N–H and O–H groups in total. The van der Waals surface area contributed by atoms with E-state index in [1.165, 1.54) is 0 Å². The van der Waals surface area contributed by atoms with Crippen molar-refractivity contribution in [3.63, 3.8) is 0 Å². The molecule has 5 nitrogen and oxygen atoms in total. The average molecular weight is 303 g/mol. The fourth-order valence-electron chi connectivity index (χ4n) is 2.27. The van der Waals surface area contributed by atoms with E-state index in [0.29, 0.717) is 11.4 Å². The molecule has 1 aliphatic heterocycles. The van der Waals surface area contributed by atoms with Gasteiger partial charge in [0.25, 0.3) is 0 Å². The lowest BCUT2D eigenvalue weighted by Gasteiger charge is -2.24. The van der Waals surface area contributed by atoms with Crippen LogP contribution >= 0.6 is 0 Å². The quantitative estimate of drug-likeness (QED) is 0.821. The van der Waals surface area contributed by atoms with Crippen LogP contribution in [0.1, 0.15) is 40.2 Å². The number of hydrogen-bond donors (Lipinski definition) is 2. The van der Waals surface area contributed by atoms with Crippen LogP contribution in [0.2, 0.25) is 0 Å². The van der Waals surface area contributed by atoms with E-state index in [1.54, 1.807) is 18.1 Å². The van der Waals surface area contributed by atoms with Crippen LogP contribution in [0.4, 0.5) is 10.5 Å². The monoisotopic (exact) mass is 303 g/mol. The van der Waals surface area contributed by atoms with E-state index in [9.17, 15) is 9.82 Å². The zero-order valence-corrected chi connectivity index (χ0v) is 13.6. The van der Waals surface area contributed by atoms with Gasteiger partial charge in [0.1, 0.15) is 11.4 Å². The van der Waals surface area contributed by atoms with Gasteiger partial charge in [-0.1, -0.05) is 13.8 Å². The number of fused-ring (bicyclic) bond motifs is 1. The maximum Gasteiger partial charge on any atom is 0.552 e. The molecule has 6 heteroatoms. The van der Waals surface area contributed by atoms with Gasteiger partial charge < -0.3 is 14.4 Å². The summed E-state index contributed by atoms with van der Waals surface area (Å²) >= 11 is 0. The van der Waals surface area contributed by atoms with Gasteiger partial charge in [-0.25, -0.2) is 4.79 Å². The third kappa shape index (κ3) is 4.04. The number of amides is 1. The fraction of sp³-hybridized carbons (Fsp3) is 0.438. The first-order chi connectivity index (χ1) is 10.2. The minimum Gasteiger partial charge on any atom is -0.532 e. The SMILES string of the molecule is CC(C)C1=CB(O)Oc2ccc(NC(=O)OC(C)(C)C)cc21. The van der Waals surface area contributed by atoms with Crippen LogP contribution in [-0.2, 0) is 4.74 Å². The Morgan fingerprint density at radius 3 is 2.64 bits per heavy atom. The van der Waals surface area contributed by atoms with Crippen LogP contribution < -0.4 is 9.97 Å². The van der Waals surface area contributed by atoms with Crippen molar-refractivity contribution in [2.24, 2.45) is 5.92 Å². The molecule has 0 spiro atoms. The second-order valence-electron chi connectivity index (χ2n) is 6.62. The third-order valence-corrected chi connectivity index (χ3v) is 3.13. The van der Waals surface area contributed by atoms with E-state index in [-0.39, 0.29) is 5.92 Å².